The second kappa shape index (κ2) is 8.34. The Morgan fingerprint density at radius 3 is 2.57 bits per heavy atom. The lowest BCUT2D eigenvalue weighted by Gasteiger charge is -2.38. The number of amides is 1. The molecule has 1 amide bonds. The predicted octanol–water partition coefficient (Wildman–Crippen LogP) is 4.78. The standard InChI is InChI=1S/C21H31F2N3OS/c1-14-10-16-2-3-17(11-14)26(16)9-6-18(19-12-28-13-24-19)25-20(27)15-4-7-21(22,23)8-5-15/h12-18H,2-11H2,1H3,(H,25,27)/t14?,16?,17?,18-/m0/s1. The first-order valence-corrected chi connectivity index (χ1v) is 11.7. The van der Waals surface area contributed by atoms with Crippen LogP contribution in [-0.2, 0) is 4.79 Å². The molecule has 2 aliphatic heterocycles. The summed E-state index contributed by atoms with van der Waals surface area (Å²) < 4.78 is 26.8. The van der Waals surface area contributed by atoms with Crippen LogP contribution < -0.4 is 5.32 Å². The van der Waals surface area contributed by atoms with Crippen LogP contribution in [0.1, 0.15) is 76.4 Å². The summed E-state index contributed by atoms with van der Waals surface area (Å²) in [6.07, 6.45) is 6.16. The molecule has 3 aliphatic rings. The largest absolute Gasteiger partial charge is 0.347 e. The molecule has 2 saturated heterocycles. The summed E-state index contributed by atoms with van der Waals surface area (Å²) in [6, 6.07) is 1.24. The van der Waals surface area contributed by atoms with Crippen LogP contribution in [0.3, 0.4) is 0 Å². The Kier molecular flexibility index (Phi) is 6.02. The van der Waals surface area contributed by atoms with E-state index in [0.29, 0.717) is 12.1 Å². The molecule has 7 heteroatoms. The highest BCUT2D eigenvalue weighted by molar-refractivity contribution is 7.07. The summed E-state index contributed by atoms with van der Waals surface area (Å²) in [5.74, 6) is -2.17. The minimum atomic E-state index is -2.60. The maximum absolute atomic E-state index is 13.4. The van der Waals surface area contributed by atoms with Gasteiger partial charge in [0.1, 0.15) is 0 Å². The zero-order valence-corrected chi connectivity index (χ0v) is 17.4. The molecule has 1 saturated carbocycles. The number of thiazole rings is 1. The van der Waals surface area contributed by atoms with Crippen molar-refractivity contribution in [3.05, 3.63) is 16.6 Å². The zero-order chi connectivity index (χ0) is 19.7. The monoisotopic (exact) mass is 411 g/mol. The predicted molar refractivity (Wildman–Crippen MR) is 106 cm³/mol. The number of nitrogens with zero attached hydrogens (tertiary/aromatic N) is 2. The average Bonchev–Trinajstić information content (AvgIpc) is 3.25. The Morgan fingerprint density at radius 1 is 1.29 bits per heavy atom. The van der Waals surface area contributed by atoms with E-state index in [2.05, 4.69) is 22.1 Å². The van der Waals surface area contributed by atoms with Crippen LogP contribution in [0.5, 0.6) is 0 Å². The Labute approximate surface area is 170 Å². The molecular formula is C21H31F2N3OS. The van der Waals surface area contributed by atoms with E-state index in [-0.39, 0.29) is 43.6 Å². The molecule has 4 rings (SSSR count). The van der Waals surface area contributed by atoms with Gasteiger partial charge < -0.3 is 5.32 Å². The third-order valence-corrected chi connectivity index (χ3v) is 7.61. The molecule has 156 valence electrons. The first-order chi connectivity index (χ1) is 13.4. The lowest BCUT2D eigenvalue weighted by Crippen LogP contribution is -2.44. The molecule has 0 spiro atoms. The van der Waals surface area contributed by atoms with E-state index >= 15 is 0 Å². The maximum atomic E-state index is 13.4. The van der Waals surface area contributed by atoms with Crippen LogP contribution in [0.4, 0.5) is 8.78 Å². The normalized spacial score (nSPS) is 31.6. The number of alkyl halides is 2. The number of halogens is 2. The minimum absolute atomic E-state index is 0.0799. The molecule has 1 N–H and O–H groups in total. The summed E-state index contributed by atoms with van der Waals surface area (Å²) in [5.41, 5.74) is 2.69. The Hall–Kier alpha value is -1.08. The van der Waals surface area contributed by atoms with Gasteiger partial charge in [0.25, 0.3) is 0 Å². The van der Waals surface area contributed by atoms with Crippen LogP contribution in [0.15, 0.2) is 10.9 Å². The number of fused-ring (bicyclic) bond motifs is 2. The van der Waals surface area contributed by atoms with Crippen LogP contribution in [0.25, 0.3) is 0 Å². The van der Waals surface area contributed by atoms with Gasteiger partial charge in [0, 0.05) is 42.8 Å². The van der Waals surface area contributed by atoms with Crippen molar-refractivity contribution in [1.29, 1.82) is 0 Å². The van der Waals surface area contributed by atoms with E-state index in [0.717, 1.165) is 24.6 Å². The fraction of sp³-hybridized carbons (Fsp3) is 0.810. The van der Waals surface area contributed by atoms with E-state index in [1.54, 1.807) is 5.51 Å². The van der Waals surface area contributed by atoms with Gasteiger partial charge in [0.2, 0.25) is 11.8 Å². The van der Waals surface area contributed by atoms with Crippen molar-refractivity contribution in [2.75, 3.05) is 6.54 Å². The Balaban J connectivity index is 1.36. The number of nitrogens with one attached hydrogen (secondary N) is 1. The van der Waals surface area contributed by atoms with E-state index < -0.39 is 5.92 Å². The summed E-state index contributed by atoms with van der Waals surface area (Å²) in [4.78, 5) is 19.8. The second-order valence-electron chi connectivity index (χ2n) is 9.09. The lowest BCUT2D eigenvalue weighted by molar-refractivity contribution is -0.130. The van der Waals surface area contributed by atoms with Crippen LogP contribution in [0, 0.1) is 11.8 Å². The molecule has 28 heavy (non-hydrogen) atoms. The van der Waals surface area contributed by atoms with Gasteiger partial charge in [0.15, 0.2) is 0 Å². The smallest absolute Gasteiger partial charge is 0.248 e. The average molecular weight is 412 g/mol. The van der Waals surface area contributed by atoms with Gasteiger partial charge in [-0.25, -0.2) is 13.8 Å². The summed E-state index contributed by atoms with van der Waals surface area (Å²) >= 11 is 1.53. The van der Waals surface area contributed by atoms with Gasteiger partial charge in [-0.2, -0.15) is 0 Å². The van der Waals surface area contributed by atoms with Gasteiger partial charge in [-0.15, -0.1) is 11.3 Å². The minimum Gasteiger partial charge on any atom is -0.347 e. The molecule has 3 atom stereocenters. The molecule has 0 aromatic carbocycles. The third kappa shape index (κ3) is 4.56. The summed E-state index contributed by atoms with van der Waals surface area (Å²) in [5, 5.41) is 5.14. The number of rotatable bonds is 6. The third-order valence-electron chi connectivity index (χ3n) is 7.01. The number of piperidine rings is 1. The van der Waals surface area contributed by atoms with E-state index in [4.69, 9.17) is 0 Å². The second-order valence-corrected chi connectivity index (χ2v) is 9.81. The van der Waals surface area contributed by atoms with Gasteiger partial charge in [-0.1, -0.05) is 6.92 Å². The number of carbonyl (C=O) groups excluding carboxylic acids is 1. The van der Waals surface area contributed by atoms with Crippen molar-refractivity contribution in [2.24, 2.45) is 11.8 Å². The fourth-order valence-electron chi connectivity index (χ4n) is 5.47. The van der Waals surface area contributed by atoms with Gasteiger partial charge >= 0.3 is 0 Å². The van der Waals surface area contributed by atoms with E-state index in [1.165, 1.54) is 37.0 Å². The van der Waals surface area contributed by atoms with Crippen LogP contribution in [-0.4, -0.2) is 40.3 Å². The highest BCUT2D eigenvalue weighted by atomic mass is 32.1. The molecule has 0 radical (unpaired) electrons. The van der Waals surface area contributed by atoms with Crippen molar-refractivity contribution >= 4 is 17.2 Å². The SMILES string of the molecule is CC1CC2CCC(C1)N2CC[C@H](NC(=O)C1CCC(F)(F)CC1)c1cscn1. The van der Waals surface area contributed by atoms with E-state index in [9.17, 15) is 13.6 Å². The number of carbonyl (C=O) groups is 1. The molecule has 3 heterocycles. The van der Waals surface area contributed by atoms with Gasteiger partial charge in [-0.3, -0.25) is 9.69 Å². The molecule has 1 aromatic rings. The molecular weight excluding hydrogens is 380 g/mol. The Morgan fingerprint density at radius 2 is 1.96 bits per heavy atom. The van der Waals surface area contributed by atoms with Gasteiger partial charge in [0.05, 0.1) is 17.2 Å². The molecule has 2 bridgehead atoms. The topological polar surface area (TPSA) is 45.2 Å². The summed E-state index contributed by atoms with van der Waals surface area (Å²) in [7, 11) is 0. The molecule has 2 unspecified atom stereocenters. The van der Waals surface area contributed by atoms with Crippen molar-refractivity contribution < 1.29 is 13.6 Å². The molecule has 4 nitrogen and oxygen atoms in total. The van der Waals surface area contributed by atoms with Crippen molar-refractivity contribution in [2.45, 2.75) is 88.8 Å². The number of aromatic nitrogens is 1. The lowest BCUT2D eigenvalue weighted by atomic mass is 9.86. The van der Waals surface area contributed by atoms with Crippen LogP contribution >= 0.6 is 11.3 Å². The Bertz CT molecular complexity index is 645. The van der Waals surface area contributed by atoms with Crippen molar-refractivity contribution in [1.82, 2.24) is 15.2 Å². The maximum Gasteiger partial charge on any atom is 0.248 e. The highest BCUT2D eigenvalue weighted by Crippen LogP contribution is 2.39. The fourth-order valence-corrected chi connectivity index (χ4v) is 6.08. The first-order valence-electron chi connectivity index (χ1n) is 10.7. The number of hydrogen-bond acceptors (Lipinski definition) is 4. The summed E-state index contributed by atoms with van der Waals surface area (Å²) in [6.45, 7) is 3.32. The number of hydrogen-bond donors (Lipinski definition) is 1. The van der Waals surface area contributed by atoms with Gasteiger partial charge in [-0.05, 0) is 50.9 Å². The van der Waals surface area contributed by atoms with Crippen molar-refractivity contribution in [3.63, 3.8) is 0 Å². The zero-order valence-electron chi connectivity index (χ0n) is 16.6. The molecule has 1 aromatic heterocycles. The van der Waals surface area contributed by atoms with Crippen LogP contribution in [0.2, 0.25) is 0 Å². The molecule has 1 aliphatic carbocycles. The quantitative estimate of drug-likeness (QED) is 0.733. The first kappa shape index (κ1) is 20.2. The van der Waals surface area contributed by atoms with Crippen molar-refractivity contribution in [3.8, 4) is 0 Å². The molecule has 3 fully saturated rings. The van der Waals surface area contributed by atoms with E-state index in [1.807, 2.05) is 5.38 Å². The highest BCUT2D eigenvalue weighted by Gasteiger charge is 2.40.